The summed E-state index contributed by atoms with van der Waals surface area (Å²) in [6, 6.07) is 11.4. The monoisotopic (exact) mass is 411 g/mol. The molecule has 1 N–H and O–H groups in total. The number of hydrogen-bond donors (Lipinski definition) is 1. The summed E-state index contributed by atoms with van der Waals surface area (Å²) < 4.78 is 25.5. The zero-order valence-corrected chi connectivity index (χ0v) is 16.5. The van der Waals surface area contributed by atoms with Crippen LogP contribution in [0.5, 0.6) is 5.75 Å². The van der Waals surface area contributed by atoms with E-state index in [9.17, 15) is 19.1 Å². The third kappa shape index (κ3) is 3.57. The molecule has 0 bridgehead atoms. The van der Waals surface area contributed by atoms with E-state index in [0.717, 1.165) is 12.8 Å². The summed E-state index contributed by atoms with van der Waals surface area (Å²) in [7, 11) is 1.52. The Bertz CT molecular complexity index is 995. The maximum atomic E-state index is 14.7. The lowest BCUT2D eigenvalue weighted by atomic mass is 9.94. The number of hydrogen-bond acceptors (Lipinski definition) is 5. The molecular weight excluding hydrogens is 389 g/mol. The highest BCUT2D eigenvalue weighted by Crippen LogP contribution is 2.41. The standard InChI is InChI=1S/C23H22FNO5/c1-29-15-10-8-14(9-11-15)21(26)19-20(17-6-2-3-7-18(17)24)25(23(28)22(19)27)13-16-5-4-12-30-16/h2-3,6-11,16,20,26H,4-5,12-13H2,1H3. The number of amides is 1. The predicted octanol–water partition coefficient (Wildman–Crippen LogP) is 3.44. The van der Waals surface area contributed by atoms with Crippen molar-refractivity contribution in [2.75, 3.05) is 20.3 Å². The number of rotatable bonds is 5. The molecule has 2 atom stereocenters. The number of halogens is 1. The molecule has 0 saturated carbocycles. The second kappa shape index (κ2) is 8.28. The molecule has 2 aromatic carbocycles. The van der Waals surface area contributed by atoms with E-state index in [0.29, 0.717) is 17.9 Å². The van der Waals surface area contributed by atoms with E-state index < -0.39 is 23.5 Å². The fraction of sp³-hybridized carbons (Fsp3) is 0.304. The normalized spacial score (nSPS) is 23.2. The van der Waals surface area contributed by atoms with Crippen LogP contribution in [0.1, 0.15) is 30.0 Å². The van der Waals surface area contributed by atoms with Gasteiger partial charge >= 0.3 is 0 Å². The SMILES string of the molecule is COc1ccc(C(O)=C2C(=O)C(=O)N(CC3CCCO3)C2c2ccccc2F)cc1. The number of Topliss-reactive ketones (excluding diaryl/α,β-unsaturated/α-hetero) is 1. The minimum Gasteiger partial charge on any atom is -0.507 e. The summed E-state index contributed by atoms with van der Waals surface area (Å²) >= 11 is 0. The van der Waals surface area contributed by atoms with E-state index in [-0.39, 0.29) is 29.5 Å². The van der Waals surface area contributed by atoms with E-state index in [1.807, 2.05) is 0 Å². The summed E-state index contributed by atoms with van der Waals surface area (Å²) in [5.41, 5.74) is 0.366. The van der Waals surface area contributed by atoms with Crippen LogP contribution in [0.3, 0.4) is 0 Å². The van der Waals surface area contributed by atoms with Crippen LogP contribution in [-0.4, -0.2) is 48.1 Å². The molecule has 2 heterocycles. The van der Waals surface area contributed by atoms with Crippen molar-refractivity contribution in [2.24, 2.45) is 0 Å². The molecule has 2 aliphatic heterocycles. The van der Waals surface area contributed by atoms with Gasteiger partial charge in [-0.1, -0.05) is 18.2 Å². The molecule has 4 rings (SSSR count). The molecule has 1 amide bonds. The number of aliphatic hydroxyl groups is 1. The van der Waals surface area contributed by atoms with E-state index in [2.05, 4.69) is 0 Å². The van der Waals surface area contributed by atoms with Gasteiger partial charge < -0.3 is 19.5 Å². The summed E-state index contributed by atoms with van der Waals surface area (Å²) in [5.74, 6) is -1.93. The van der Waals surface area contributed by atoms with Crippen LogP contribution < -0.4 is 4.74 Å². The van der Waals surface area contributed by atoms with Crippen LogP contribution in [-0.2, 0) is 14.3 Å². The number of aliphatic hydroxyl groups excluding tert-OH is 1. The molecule has 2 fully saturated rings. The molecule has 0 spiro atoms. The molecule has 7 heteroatoms. The zero-order valence-electron chi connectivity index (χ0n) is 16.5. The van der Waals surface area contributed by atoms with Crippen LogP contribution in [0.15, 0.2) is 54.1 Å². The Balaban J connectivity index is 1.82. The van der Waals surface area contributed by atoms with E-state index in [4.69, 9.17) is 9.47 Å². The van der Waals surface area contributed by atoms with Gasteiger partial charge in [0.2, 0.25) is 0 Å². The van der Waals surface area contributed by atoms with Gasteiger partial charge in [0.05, 0.1) is 24.8 Å². The second-order valence-electron chi connectivity index (χ2n) is 7.34. The Morgan fingerprint density at radius 2 is 1.93 bits per heavy atom. The van der Waals surface area contributed by atoms with Crippen molar-refractivity contribution >= 4 is 17.4 Å². The van der Waals surface area contributed by atoms with Gasteiger partial charge in [0.15, 0.2) is 0 Å². The van der Waals surface area contributed by atoms with E-state index >= 15 is 0 Å². The van der Waals surface area contributed by atoms with Gasteiger partial charge in [0.1, 0.15) is 17.3 Å². The Hall–Kier alpha value is -3.19. The molecule has 30 heavy (non-hydrogen) atoms. The van der Waals surface area contributed by atoms with Crippen molar-refractivity contribution in [3.05, 3.63) is 71.0 Å². The predicted molar refractivity (Wildman–Crippen MR) is 107 cm³/mol. The molecule has 2 aliphatic rings. The average Bonchev–Trinajstić information content (AvgIpc) is 3.36. The highest BCUT2D eigenvalue weighted by molar-refractivity contribution is 6.46. The average molecular weight is 411 g/mol. The summed E-state index contributed by atoms with van der Waals surface area (Å²) in [5, 5.41) is 11.0. The quantitative estimate of drug-likeness (QED) is 0.463. The third-order valence-electron chi connectivity index (χ3n) is 5.53. The van der Waals surface area contributed by atoms with Gasteiger partial charge in [0, 0.05) is 24.3 Å². The fourth-order valence-corrected chi connectivity index (χ4v) is 4.00. The molecule has 2 saturated heterocycles. The van der Waals surface area contributed by atoms with Crippen LogP contribution in [0.25, 0.3) is 5.76 Å². The highest BCUT2D eigenvalue weighted by Gasteiger charge is 2.47. The molecule has 6 nitrogen and oxygen atoms in total. The van der Waals surface area contributed by atoms with Crippen LogP contribution in [0.4, 0.5) is 4.39 Å². The van der Waals surface area contributed by atoms with Crippen LogP contribution >= 0.6 is 0 Å². The molecule has 156 valence electrons. The first-order valence-corrected chi connectivity index (χ1v) is 9.80. The van der Waals surface area contributed by atoms with Crippen LogP contribution in [0.2, 0.25) is 0 Å². The van der Waals surface area contributed by atoms with Crippen molar-refractivity contribution in [1.82, 2.24) is 4.90 Å². The largest absolute Gasteiger partial charge is 0.507 e. The third-order valence-corrected chi connectivity index (χ3v) is 5.53. The number of likely N-dealkylation sites (tertiary alicyclic amines) is 1. The first-order valence-electron chi connectivity index (χ1n) is 9.80. The van der Waals surface area contributed by atoms with Crippen LogP contribution in [0, 0.1) is 5.82 Å². The molecule has 2 aromatic rings. The number of carbonyl (C=O) groups excluding carboxylic acids is 2. The molecule has 0 aliphatic carbocycles. The number of nitrogens with zero attached hydrogens (tertiary/aromatic N) is 1. The topological polar surface area (TPSA) is 76.1 Å². The summed E-state index contributed by atoms with van der Waals surface area (Å²) in [6.07, 6.45) is 1.40. The number of carbonyl (C=O) groups is 2. The van der Waals surface area contributed by atoms with Gasteiger partial charge in [-0.3, -0.25) is 9.59 Å². The highest BCUT2D eigenvalue weighted by atomic mass is 19.1. The van der Waals surface area contributed by atoms with Crippen molar-refractivity contribution < 1.29 is 28.6 Å². The maximum absolute atomic E-state index is 14.7. The Labute approximate surface area is 173 Å². The lowest BCUT2D eigenvalue weighted by molar-refractivity contribution is -0.140. The Morgan fingerprint density at radius 3 is 2.57 bits per heavy atom. The van der Waals surface area contributed by atoms with Crippen molar-refractivity contribution in [3.8, 4) is 5.75 Å². The molecule has 2 unspecified atom stereocenters. The smallest absolute Gasteiger partial charge is 0.295 e. The first-order chi connectivity index (χ1) is 14.5. The van der Waals surface area contributed by atoms with Gasteiger partial charge in [0.25, 0.3) is 11.7 Å². The number of methoxy groups -OCH3 is 1. The molecule has 0 radical (unpaired) electrons. The minimum atomic E-state index is -1.03. The summed E-state index contributed by atoms with van der Waals surface area (Å²) in [4.78, 5) is 27.1. The number of benzene rings is 2. The zero-order chi connectivity index (χ0) is 21.3. The van der Waals surface area contributed by atoms with Crippen molar-refractivity contribution in [3.63, 3.8) is 0 Å². The Morgan fingerprint density at radius 1 is 1.20 bits per heavy atom. The lowest BCUT2D eigenvalue weighted by Gasteiger charge is -2.27. The number of ketones is 1. The fourth-order valence-electron chi connectivity index (χ4n) is 4.00. The summed E-state index contributed by atoms with van der Waals surface area (Å²) in [6.45, 7) is 0.744. The lowest BCUT2D eigenvalue weighted by Crippen LogP contribution is -2.36. The number of ether oxygens (including phenoxy) is 2. The molecule has 0 aromatic heterocycles. The van der Waals surface area contributed by atoms with Crippen molar-refractivity contribution in [1.29, 1.82) is 0 Å². The first kappa shape index (κ1) is 20.1. The minimum absolute atomic E-state index is 0.131. The van der Waals surface area contributed by atoms with Gasteiger partial charge in [-0.25, -0.2) is 4.39 Å². The van der Waals surface area contributed by atoms with Gasteiger partial charge in [-0.05, 0) is 43.2 Å². The molecular formula is C23H22FNO5. The van der Waals surface area contributed by atoms with Gasteiger partial charge in [-0.15, -0.1) is 0 Å². The van der Waals surface area contributed by atoms with E-state index in [1.165, 1.54) is 30.2 Å². The maximum Gasteiger partial charge on any atom is 0.295 e. The Kier molecular flexibility index (Phi) is 5.55. The van der Waals surface area contributed by atoms with Gasteiger partial charge in [-0.2, -0.15) is 0 Å². The van der Waals surface area contributed by atoms with Crippen molar-refractivity contribution in [2.45, 2.75) is 25.0 Å². The second-order valence-corrected chi connectivity index (χ2v) is 7.34. The van der Waals surface area contributed by atoms with E-state index in [1.54, 1.807) is 30.3 Å².